The van der Waals surface area contributed by atoms with E-state index in [0.29, 0.717) is 23.7 Å². The molecule has 0 radical (unpaired) electrons. The second-order valence-corrected chi connectivity index (χ2v) is 15.7. The Bertz CT molecular complexity index is 1490. The van der Waals surface area contributed by atoms with Gasteiger partial charge in [0.05, 0.1) is 0 Å². The van der Waals surface area contributed by atoms with Crippen LogP contribution in [0.25, 0.3) is 11.4 Å². The van der Waals surface area contributed by atoms with E-state index in [1.807, 2.05) is 18.2 Å². The third-order valence-corrected chi connectivity index (χ3v) is 11.5. The molecule has 0 spiro atoms. The summed E-state index contributed by atoms with van der Waals surface area (Å²) in [6, 6.07) is 21.3. The standard InChI is InChI=1S/C27H36N2.C8H8NO.ClH.Pd/c1-18(2)22-11-9-12-23(19(3)4)26(22)28-15-16-29(17-28)27-24(20(5)6)13-10-14-25(27)21(7)8;1-7(10)9-8-5-3-2-4-6-8;;/h9-16,18-21H,1-8H3;2-5H,1H3,(H,9,10);1H;/q;;;+1/p-1. The molecule has 1 N–H and O–H groups in total. The molecule has 4 rings (SSSR count). The van der Waals surface area contributed by atoms with Crippen molar-refractivity contribution in [2.75, 3.05) is 5.32 Å². The molecule has 6 heteroatoms. The third kappa shape index (κ3) is 6.38. The van der Waals surface area contributed by atoms with Crippen LogP contribution in [0.5, 0.6) is 0 Å². The summed E-state index contributed by atoms with van der Waals surface area (Å²) in [7, 11) is 7.72. The number of carbonyl (C=O) groups is 1. The van der Waals surface area contributed by atoms with Crippen molar-refractivity contribution >= 4 is 25.2 Å². The fourth-order valence-electron chi connectivity index (χ4n) is 5.33. The van der Waals surface area contributed by atoms with Crippen molar-refractivity contribution in [3.05, 3.63) is 99.2 Å². The van der Waals surface area contributed by atoms with Crippen LogP contribution in [-0.2, 0) is 20.1 Å². The first-order valence-electron chi connectivity index (χ1n) is 14.5. The van der Waals surface area contributed by atoms with Crippen molar-refractivity contribution in [2.24, 2.45) is 0 Å². The van der Waals surface area contributed by atoms with Crippen molar-refractivity contribution in [1.29, 1.82) is 0 Å². The number of nitrogens with one attached hydrogen (secondary N) is 1. The van der Waals surface area contributed by atoms with Crippen molar-refractivity contribution in [3.8, 4) is 11.4 Å². The summed E-state index contributed by atoms with van der Waals surface area (Å²) in [6.07, 6.45) is 4.39. The van der Waals surface area contributed by atoms with Crippen LogP contribution in [0, 0.1) is 3.89 Å². The van der Waals surface area contributed by atoms with Crippen LogP contribution in [0.4, 0.5) is 5.69 Å². The molecule has 0 aliphatic heterocycles. The van der Waals surface area contributed by atoms with Gasteiger partial charge in [-0.25, -0.2) is 0 Å². The maximum absolute atomic E-state index is 12.2. The Hall–Kier alpha value is -2.71. The van der Waals surface area contributed by atoms with Gasteiger partial charge in [0.1, 0.15) is 0 Å². The Labute approximate surface area is 255 Å². The molecule has 0 saturated heterocycles. The summed E-state index contributed by atoms with van der Waals surface area (Å²) in [5.41, 5.74) is 8.39. The molecule has 0 bridgehead atoms. The zero-order valence-electron chi connectivity index (χ0n) is 25.7. The van der Waals surface area contributed by atoms with E-state index >= 15 is 0 Å². The molecule has 0 aliphatic rings. The van der Waals surface area contributed by atoms with Crippen LogP contribution >= 0.6 is 9.53 Å². The molecule has 0 fully saturated rings. The van der Waals surface area contributed by atoms with E-state index in [1.165, 1.54) is 33.6 Å². The maximum atomic E-state index is 12.2. The first-order chi connectivity index (χ1) is 19.4. The first kappa shape index (κ1) is 31.2. The first-order valence-corrected chi connectivity index (χ1v) is 18.0. The van der Waals surface area contributed by atoms with Crippen LogP contribution in [-0.4, -0.2) is 15.0 Å². The molecule has 4 nitrogen and oxygen atoms in total. The second kappa shape index (κ2) is 13.1. The van der Waals surface area contributed by atoms with Gasteiger partial charge in [-0.1, -0.05) is 0 Å². The van der Waals surface area contributed by atoms with Gasteiger partial charge in [0.2, 0.25) is 0 Å². The quantitative estimate of drug-likeness (QED) is 0.188. The molecule has 0 aliphatic carbocycles. The van der Waals surface area contributed by atoms with E-state index in [9.17, 15) is 4.79 Å². The van der Waals surface area contributed by atoms with Crippen molar-refractivity contribution in [2.45, 2.75) is 86.0 Å². The molecule has 0 saturated carbocycles. The Kier molecular flexibility index (Phi) is 9.96. The zero-order valence-corrected chi connectivity index (χ0v) is 28.0. The van der Waals surface area contributed by atoms with Gasteiger partial charge in [-0.3, -0.25) is 0 Å². The van der Waals surface area contributed by atoms with E-state index in [0.717, 1.165) is 13.6 Å². The summed E-state index contributed by atoms with van der Waals surface area (Å²) in [4.78, 5) is 12.2. The van der Waals surface area contributed by atoms with Crippen LogP contribution in [0.2, 0.25) is 0 Å². The molecular formula is C35H44ClN3OPd. The molecule has 4 aromatic rings. The number of imidazole rings is 1. The van der Waals surface area contributed by atoms with Gasteiger partial charge < -0.3 is 0 Å². The zero-order chi connectivity index (χ0) is 30.0. The van der Waals surface area contributed by atoms with E-state index < -0.39 is 15.3 Å². The number of nitrogens with zero attached hydrogens (tertiary/aromatic N) is 2. The van der Waals surface area contributed by atoms with Crippen molar-refractivity contribution < 1.29 is 20.1 Å². The fraction of sp³-hybridized carbons (Fsp3) is 0.371. The summed E-state index contributed by atoms with van der Waals surface area (Å²) < 4.78 is 6.74. The average Bonchev–Trinajstić information content (AvgIpc) is 3.36. The number of rotatable bonds is 8. The average molecular weight is 665 g/mol. The number of hydrogen-bond donors (Lipinski definition) is 1. The van der Waals surface area contributed by atoms with Gasteiger partial charge in [0, 0.05) is 0 Å². The molecular weight excluding hydrogens is 620 g/mol. The molecule has 3 aromatic carbocycles. The van der Waals surface area contributed by atoms with E-state index in [-0.39, 0.29) is 5.91 Å². The Morgan fingerprint density at radius 1 is 0.659 bits per heavy atom. The topological polar surface area (TPSA) is 39.0 Å². The number of aromatic nitrogens is 2. The number of para-hydroxylation sites is 3. The summed E-state index contributed by atoms with van der Waals surface area (Å²) in [5, 5.41) is 3.04. The molecule has 222 valence electrons. The van der Waals surface area contributed by atoms with Crippen molar-refractivity contribution in [1.82, 2.24) is 9.13 Å². The molecule has 1 heterocycles. The van der Waals surface area contributed by atoms with Gasteiger partial charge in [-0.15, -0.1) is 0 Å². The minimum absolute atomic E-state index is 0.103. The van der Waals surface area contributed by atoms with Crippen LogP contribution < -0.4 is 9.35 Å². The number of halogens is 1. The number of carbonyl (C=O) groups excluding carboxylic acids is 1. The monoisotopic (exact) mass is 663 g/mol. The molecule has 1 amide bonds. The fourth-order valence-corrected chi connectivity index (χ4v) is 9.21. The summed E-state index contributed by atoms with van der Waals surface area (Å²) in [5.74, 6) is 1.23. The molecule has 41 heavy (non-hydrogen) atoms. The molecule has 1 aromatic heterocycles. The van der Waals surface area contributed by atoms with Crippen LogP contribution in [0.1, 0.15) is 108 Å². The van der Waals surface area contributed by atoms with Gasteiger partial charge >= 0.3 is 256 Å². The normalized spacial score (nSPS) is 12.1. The number of amides is 1. The predicted molar refractivity (Wildman–Crippen MR) is 171 cm³/mol. The Balaban J connectivity index is 2.26. The van der Waals surface area contributed by atoms with E-state index in [4.69, 9.17) is 9.53 Å². The van der Waals surface area contributed by atoms with E-state index in [1.54, 1.807) is 6.92 Å². The Morgan fingerprint density at radius 2 is 1.05 bits per heavy atom. The Morgan fingerprint density at radius 3 is 1.41 bits per heavy atom. The van der Waals surface area contributed by atoms with Gasteiger partial charge in [0.15, 0.2) is 0 Å². The predicted octanol–water partition coefficient (Wildman–Crippen LogP) is 9.35. The van der Waals surface area contributed by atoms with Gasteiger partial charge in [0.25, 0.3) is 0 Å². The summed E-state index contributed by atoms with van der Waals surface area (Å²) >= 11 is -2.11. The van der Waals surface area contributed by atoms with Crippen LogP contribution in [0.15, 0.2) is 73.1 Å². The minimum atomic E-state index is -2.11. The molecule has 0 unspecified atom stereocenters. The number of hydrogen-bond acceptors (Lipinski definition) is 1. The number of anilines is 1. The number of benzene rings is 3. The van der Waals surface area contributed by atoms with Crippen LogP contribution in [0.3, 0.4) is 0 Å². The van der Waals surface area contributed by atoms with Crippen molar-refractivity contribution in [3.63, 3.8) is 0 Å². The SMILES string of the molecule is CC(=O)Nc1cccc[c]1[Pd]([Cl])=[c]1n(-c2c(C(C)C)cccc2C(C)C)ccn1-c1c(C(C)C)cccc1C(C)C. The second-order valence-electron chi connectivity index (χ2n) is 11.8. The summed E-state index contributed by atoms with van der Waals surface area (Å²) in [6.45, 7) is 19.6. The van der Waals surface area contributed by atoms with Gasteiger partial charge in [-0.2, -0.15) is 0 Å². The molecule has 0 atom stereocenters. The third-order valence-electron chi connectivity index (χ3n) is 7.33. The van der Waals surface area contributed by atoms with E-state index in [2.05, 4.69) is 125 Å². The van der Waals surface area contributed by atoms with Gasteiger partial charge in [-0.05, 0) is 0 Å².